The van der Waals surface area contributed by atoms with Gasteiger partial charge in [-0.2, -0.15) is 11.8 Å². The Kier molecular flexibility index (Phi) is 3.44. The predicted octanol–water partition coefficient (Wildman–Crippen LogP) is 1.80. The van der Waals surface area contributed by atoms with Gasteiger partial charge in [0.25, 0.3) is 0 Å². The number of hydrogen-bond donors (Lipinski definition) is 1. The first-order valence-corrected chi connectivity index (χ1v) is 5.71. The highest BCUT2D eigenvalue weighted by Crippen LogP contribution is 2.39. The molecule has 1 amide bonds. The van der Waals surface area contributed by atoms with E-state index in [1.165, 1.54) is 25.7 Å². The van der Waals surface area contributed by atoms with Crippen LogP contribution in [0.3, 0.4) is 0 Å². The van der Waals surface area contributed by atoms with E-state index in [2.05, 4.69) is 11.6 Å². The number of hydrogen-bond acceptors (Lipinski definition) is 2. The average Bonchev–Trinajstić information content (AvgIpc) is 2.50. The molecular formula is C9H17NOS. The maximum Gasteiger partial charge on any atom is 0.216 e. The lowest BCUT2D eigenvalue weighted by molar-refractivity contribution is -0.119. The number of carbonyl (C=O) groups is 1. The molecule has 0 aliphatic heterocycles. The molecule has 1 saturated carbocycles. The second kappa shape index (κ2) is 4.17. The summed E-state index contributed by atoms with van der Waals surface area (Å²) in [6, 6.07) is 0. The first kappa shape index (κ1) is 9.90. The van der Waals surface area contributed by atoms with Crippen molar-refractivity contribution in [1.82, 2.24) is 5.32 Å². The quantitative estimate of drug-likeness (QED) is 0.730. The molecule has 0 radical (unpaired) electrons. The maximum atomic E-state index is 10.7. The monoisotopic (exact) mass is 187 g/mol. The van der Waals surface area contributed by atoms with Gasteiger partial charge in [-0.1, -0.05) is 12.8 Å². The van der Waals surface area contributed by atoms with Crippen LogP contribution in [-0.2, 0) is 4.79 Å². The zero-order chi connectivity index (χ0) is 9.03. The number of amides is 1. The molecule has 0 atom stereocenters. The van der Waals surface area contributed by atoms with E-state index in [1.54, 1.807) is 6.92 Å². The van der Waals surface area contributed by atoms with Crippen LogP contribution in [0.15, 0.2) is 0 Å². The number of thioether (sulfide) groups is 1. The molecule has 0 spiro atoms. The van der Waals surface area contributed by atoms with E-state index in [-0.39, 0.29) is 5.91 Å². The molecule has 0 aromatic carbocycles. The van der Waals surface area contributed by atoms with Crippen molar-refractivity contribution in [3.63, 3.8) is 0 Å². The third-order valence-corrected chi connectivity index (χ3v) is 4.03. The lowest BCUT2D eigenvalue weighted by atomic mass is 10.1. The summed E-state index contributed by atoms with van der Waals surface area (Å²) in [5, 5.41) is 2.92. The minimum absolute atomic E-state index is 0.0929. The van der Waals surface area contributed by atoms with Crippen LogP contribution in [0, 0.1) is 0 Å². The van der Waals surface area contributed by atoms with Gasteiger partial charge in [-0.15, -0.1) is 0 Å². The van der Waals surface area contributed by atoms with Gasteiger partial charge >= 0.3 is 0 Å². The minimum Gasteiger partial charge on any atom is -0.355 e. The lowest BCUT2D eigenvalue weighted by Crippen LogP contribution is -2.37. The van der Waals surface area contributed by atoms with Crippen LogP contribution in [-0.4, -0.2) is 23.5 Å². The van der Waals surface area contributed by atoms with Crippen molar-refractivity contribution >= 4 is 17.7 Å². The summed E-state index contributed by atoms with van der Waals surface area (Å²) >= 11 is 1.91. The molecule has 2 nitrogen and oxygen atoms in total. The average molecular weight is 187 g/mol. The molecule has 1 N–H and O–H groups in total. The molecule has 0 aromatic rings. The molecular weight excluding hydrogens is 170 g/mol. The first-order valence-electron chi connectivity index (χ1n) is 4.48. The molecule has 70 valence electrons. The highest BCUT2D eigenvalue weighted by Gasteiger charge is 2.32. The normalized spacial score (nSPS) is 20.8. The summed E-state index contributed by atoms with van der Waals surface area (Å²) in [4.78, 5) is 10.7. The summed E-state index contributed by atoms with van der Waals surface area (Å²) in [6.07, 6.45) is 7.30. The van der Waals surface area contributed by atoms with Crippen molar-refractivity contribution in [1.29, 1.82) is 0 Å². The minimum atomic E-state index is 0.0929. The summed E-state index contributed by atoms with van der Waals surface area (Å²) in [5.74, 6) is 0.0929. The molecule has 0 aromatic heterocycles. The Balaban J connectivity index is 2.39. The van der Waals surface area contributed by atoms with Crippen LogP contribution in [0.2, 0.25) is 0 Å². The Hall–Kier alpha value is -0.180. The molecule has 0 heterocycles. The van der Waals surface area contributed by atoms with Crippen molar-refractivity contribution < 1.29 is 4.79 Å². The number of rotatable bonds is 3. The van der Waals surface area contributed by atoms with Gasteiger partial charge in [0.2, 0.25) is 5.91 Å². The van der Waals surface area contributed by atoms with E-state index >= 15 is 0 Å². The van der Waals surface area contributed by atoms with Gasteiger partial charge in [-0.05, 0) is 19.1 Å². The van der Waals surface area contributed by atoms with Crippen molar-refractivity contribution in [3.8, 4) is 0 Å². The van der Waals surface area contributed by atoms with E-state index < -0.39 is 0 Å². The Morgan fingerprint density at radius 1 is 1.50 bits per heavy atom. The van der Waals surface area contributed by atoms with Gasteiger partial charge in [0, 0.05) is 18.2 Å². The van der Waals surface area contributed by atoms with Crippen LogP contribution >= 0.6 is 11.8 Å². The highest BCUT2D eigenvalue weighted by molar-refractivity contribution is 8.00. The topological polar surface area (TPSA) is 29.1 Å². The zero-order valence-corrected chi connectivity index (χ0v) is 8.67. The Bertz CT molecular complexity index is 164. The van der Waals surface area contributed by atoms with Gasteiger partial charge in [-0.25, -0.2) is 0 Å². The molecule has 0 bridgehead atoms. The second-order valence-electron chi connectivity index (χ2n) is 3.50. The van der Waals surface area contributed by atoms with Crippen LogP contribution in [0.1, 0.15) is 32.6 Å². The van der Waals surface area contributed by atoms with Crippen molar-refractivity contribution in [3.05, 3.63) is 0 Å². The Labute approximate surface area is 78.5 Å². The van der Waals surface area contributed by atoms with Crippen LogP contribution < -0.4 is 5.32 Å². The van der Waals surface area contributed by atoms with Crippen molar-refractivity contribution in [2.45, 2.75) is 37.4 Å². The van der Waals surface area contributed by atoms with Crippen LogP contribution in [0.5, 0.6) is 0 Å². The standard InChI is InChI=1S/C9H17NOS/c1-8(11)10-7-9(12-2)5-3-4-6-9/h3-7H2,1-2H3,(H,10,11). The van der Waals surface area contributed by atoms with Gasteiger partial charge in [-0.3, -0.25) is 4.79 Å². The molecule has 12 heavy (non-hydrogen) atoms. The smallest absolute Gasteiger partial charge is 0.216 e. The number of nitrogens with one attached hydrogen (secondary N) is 1. The van der Waals surface area contributed by atoms with Crippen molar-refractivity contribution in [2.75, 3.05) is 12.8 Å². The fourth-order valence-corrected chi connectivity index (χ4v) is 2.67. The van der Waals surface area contributed by atoms with Gasteiger partial charge in [0.05, 0.1) is 0 Å². The second-order valence-corrected chi connectivity index (χ2v) is 4.78. The summed E-state index contributed by atoms with van der Waals surface area (Å²) < 4.78 is 0.353. The largest absolute Gasteiger partial charge is 0.355 e. The Morgan fingerprint density at radius 3 is 2.50 bits per heavy atom. The van der Waals surface area contributed by atoms with Crippen molar-refractivity contribution in [2.24, 2.45) is 0 Å². The fraction of sp³-hybridized carbons (Fsp3) is 0.889. The molecule has 1 rings (SSSR count). The third kappa shape index (κ3) is 2.41. The van der Waals surface area contributed by atoms with E-state index in [0.29, 0.717) is 4.75 Å². The zero-order valence-electron chi connectivity index (χ0n) is 7.85. The maximum absolute atomic E-state index is 10.7. The molecule has 0 unspecified atom stereocenters. The van der Waals surface area contributed by atoms with Crippen LogP contribution in [0.25, 0.3) is 0 Å². The van der Waals surface area contributed by atoms with Gasteiger partial charge in [0.15, 0.2) is 0 Å². The molecule has 3 heteroatoms. The summed E-state index contributed by atoms with van der Waals surface area (Å²) in [6.45, 7) is 2.44. The van der Waals surface area contributed by atoms with Gasteiger partial charge in [0.1, 0.15) is 0 Å². The van der Waals surface area contributed by atoms with E-state index in [1.807, 2.05) is 11.8 Å². The summed E-state index contributed by atoms with van der Waals surface area (Å²) in [5.41, 5.74) is 0. The lowest BCUT2D eigenvalue weighted by Gasteiger charge is -2.26. The molecule has 0 saturated heterocycles. The number of carbonyl (C=O) groups excluding carboxylic acids is 1. The van der Waals surface area contributed by atoms with Crippen LogP contribution in [0.4, 0.5) is 0 Å². The summed E-state index contributed by atoms with van der Waals surface area (Å²) in [7, 11) is 0. The molecule has 1 aliphatic carbocycles. The van der Waals surface area contributed by atoms with Gasteiger partial charge < -0.3 is 5.32 Å². The molecule has 1 aliphatic rings. The van der Waals surface area contributed by atoms with E-state index in [4.69, 9.17) is 0 Å². The first-order chi connectivity index (χ1) is 5.68. The predicted molar refractivity (Wildman–Crippen MR) is 53.4 cm³/mol. The third-order valence-electron chi connectivity index (χ3n) is 2.61. The van der Waals surface area contributed by atoms with E-state index in [0.717, 1.165) is 6.54 Å². The fourth-order valence-electron chi connectivity index (χ4n) is 1.76. The Morgan fingerprint density at radius 2 is 2.08 bits per heavy atom. The van der Waals surface area contributed by atoms with E-state index in [9.17, 15) is 4.79 Å². The highest BCUT2D eigenvalue weighted by atomic mass is 32.2. The SMILES string of the molecule is CSC1(CNC(C)=O)CCCC1. The molecule has 1 fully saturated rings.